The Labute approximate surface area is 192 Å². The van der Waals surface area contributed by atoms with Crippen molar-refractivity contribution in [2.45, 2.75) is 19.1 Å². The Hall–Kier alpha value is -3.58. The minimum atomic E-state index is -1.14. The summed E-state index contributed by atoms with van der Waals surface area (Å²) in [4.78, 5) is 23.7. The molecule has 4 aromatic rings. The van der Waals surface area contributed by atoms with E-state index in [2.05, 4.69) is 21.2 Å². The molecule has 7 heteroatoms. The number of alkyl carbamates (subject to hydrolysis) is 1. The molecule has 1 unspecified atom stereocenters. The minimum absolute atomic E-state index is 0.105. The number of carbonyl (C=O) groups is 2. The molecule has 6 nitrogen and oxygen atoms in total. The Morgan fingerprint density at radius 2 is 1.72 bits per heavy atom. The molecule has 0 spiro atoms. The van der Waals surface area contributed by atoms with Gasteiger partial charge in [0.2, 0.25) is 0 Å². The first-order chi connectivity index (χ1) is 15.5. The van der Waals surface area contributed by atoms with Crippen molar-refractivity contribution in [3.63, 3.8) is 0 Å². The van der Waals surface area contributed by atoms with Crippen molar-refractivity contribution in [1.82, 2.24) is 5.32 Å². The van der Waals surface area contributed by atoms with E-state index in [9.17, 15) is 14.7 Å². The molecule has 1 amide bonds. The smallest absolute Gasteiger partial charge is 0.408 e. The van der Waals surface area contributed by atoms with Crippen LogP contribution in [0.1, 0.15) is 11.3 Å². The fourth-order valence-electron chi connectivity index (χ4n) is 3.36. The molecule has 0 fully saturated rings. The first-order valence-corrected chi connectivity index (χ1v) is 10.8. The van der Waals surface area contributed by atoms with Crippen LogP contribution in [0.4, 0.5) is 4.79 Å². The lowest BCUT2D eigenvalue weighted by Gasteiger charge is -2.14. The fourth-order valence-corrected chi connectivity index (χ4v) is 3.62. The normalized spacial score (nSPS) is 11.8. The molecule has 4 rings (SSSR count). The number of ether oxygens (including phenoxy) is 1. The van der Waals surface area contributed by atoms with Crippen molar-refractivity contribution in [1.29, 1.82) is 0 Å². The van der Waals surface area contributed by atoms with E-state index in [1.54, 1.807) is 12.1 Å². The Morgan fingerprint density at radius 1 is 0.969 bits per heavy atom. The molecule has 0 saturated carbocycles. The maximum Gasteiger partial charge on any atom is 0.408 e. The van der Waals surface area contributed by atoms with E-state index in [1.165, 1.54) is 0 Å². The molecule has 1 heterocycles. The highest BCUT2D eigenvalue weighted by Crippen LogP contribution is 2.27. The number of nitrogens with one attached hydrogen (secondary N) is 1. The third kappa shape index (κ3) is 5.36. The molecule has 32 heavy (non-hydrogen) atoms. The Morgan fingerprint density at radius 3 is 2.44 bits per heavy atom. The highest BCUT2D eigenvalue weighted by molar-refractivity contribution is 9.10. The van der Waals surface area contributed by atoms with E-state index in [1.807, 2.05) is 66.7 Å². The molecule has 0 aliphatic rings. The molecule has 0 aliphatic heterocycles. The summed E-state index contributed by atoms with van der Waals surface area (Å²) in [5.41, 5.74) is 3.62. The van der Waals surface area contributed by atoms with E-state index in [0.717, 1.165) is 26.5 Å². The number of carboxylic acid groups (broad SMARTS) is 1. The lowest BCUT2D eigenvalue weighted by molar-refractivity contribution is -0.139. The summed E-state index contributed by atoms with van der Waals surface area (Å²) in [6.45, 7) is -0.105. The molecule has 1 atom stereocenters. The van der Waals surface area contributed by atoms with Gasteiger partial charge in [-0.25, -0.2) is 9.59 Å². The lowest BCUT2D eigenvalue weighted by Crippen LogP contribution is -2.42. The molecular weight excluding hydrogens is 474 g/mol. The minimum Gasteiger partial charge on any atom is -0.480 e. The zero-order valence-electron chi connectivity index (χ0n) is 17.0. The molecule has 2 N–H and O–H groups in total. The summed E-state index contributed by atoms with van der Waals surface area (Å²) in [5.74, 6) is -0.665. The molecule has 0 saturated heterocycles. The molecule has 3 aromatic carbocycles. The molecule has 162 valence electrons. The van der Waals surface area contributed by atoms with Crippen molar-refractivity contribution >= 4 is 39.0 Å². The standard InChI is InChI=1S/C25H20BrNO5/c26-20-9-6-16(7-10-20)12-22(24(28)29)27-25(30)31-15-21-14-19-13-18(8-11-23(19)32-21)17-4-2-1-3-5-17/h1-11,13-14,22H,12,15H2,(H,27,30)(H,28,29). The molecular formula is C25H20BrNO5. The van der Waals surface area contributed by atoms with Gasteiger partial charge in [0, 0.05) is 16.3 Å². The number of aliphatic carboxylic acids is 1. The highest BCUT2D eigenvalue weighted by atomic mass is 79.9. The molecule has 0 bridgehead atoms. The van der Waals surface area contributed by atoms with E-state index in [-0.39, 0.29) is 13.0 Å². The summed E-state index contributed by atoms with van der Waals surface area (Å²) >= 11 is 3.34. The lowest BCUT2D eigenvalue weighted by atomic mass is 10.0. The van der Waals surface area contributed by atoms with Gasteiger partial charge in [0.15, 0.2) is 6.61 Å². The van der Waals surface area contributed by atoms with Gasteiger partial charge < -0.3 is 19.6 Å². The second-order valence-electron chi connectivity index (χ2n) is 7.27. The summed E-state index contributed by atoms with van der Waals surface area (Å²) in [5, 5.41) is 12.7. The van der Waals surface area contributed by atoms with E-state index >= 15 is 0 Å². The number of furan rings is 1. The van der Waals surface area contributed by atoms with Crippen molar-refractivity contribution in [2.24, 2.45) is 0 Å². The SMILES string of the molecule is O=C(NC(Cc1ccc(Br)cc1)C(=O)O)OCc1cc2cc(-c3ccccc3)ccc2o1. The van der Waals surface area contributed by atoms with Gasteiger partial charge in [0.05, 0.1) is 0 Å². The predicted molar refractivity (Wildman–Crippen MR) is 124 cm³/mol. The first kappa shape index (κ1) is 21.6. The summed E-state index contributed by atoms with van der Waals surface area (Å²) in [6, 6.07) is 23.8. The topological polar surface area (TPSA) is 88.8 Å². The van der Waals surface area contributed by atoms with E-state index in [4.69, 9.17) is 9.15 Å². The van der Waals surface area contributed by atoms with Gasteiger partial charge in [-0.05, 0) is 47.0 Å². The predicted octanol–water partition coefficient (Wildman–Crippen LogP) is 5.78. The maximum absolute atomic E-state index is 12.2. The van der Waals surface area contributed by atoms with Crippen LogP contribution in [0.2, 0.25) is 0 Å². The Kier molecular flexibility index (Phi) is 6.56. The number of rotatable bonds is 7. The van der Waals surface area contributed by atoms with Gasteiger partial charge in [-0.3, -0.25) is 0 Å². The van der Waals surface area contributed by atoms with Crippen LogP contribution in [0.15, 0.2) is 87.8 Å². The summed E-state index contributed by atoms with van der Waals surface area (Å²) < 4.78 is 11.8. The Bertz CT molecular complexity index is 1230. The van der Waals surface area contributed by atoms with Crippen LogP contribution in [-0.4, -0.2) is 23.2 Å². The molecule has 0 radical (unpaired) electrons. The average Bonchev–Trinajstić information content (AvgIpc) is 3.21. The summed E-state index contributed by atoms with van der Waals surface area (Å²) in [6.07, 6.45) is -0.676. The first-order valence-electron chi connectivity index (χ1n) is 9.96. The number of halogens is 1. The van der Waals surface area contributed by atoms with Crippen LogP contribution >= 0.6 is 15.9 Å². The second kappa shape index (κ2) is 9.70. The number of benzene rings is 3. The molecule has 0 aliphatic carbocycles. The number of carboxylic acids is 1. The molecule has 1 aromatic heterocycles. The highest BCUT2D eigenvalue weighted by Gasteiger charge is 2.21. The number of amides is 1. The fraction of sp³-hybridized carbons (Fsp3) is 0.120. The van der Waals surface area contributed by atoms with Gasteiger partial charge >= 0.3 is 12.1 Å². The van der Waals surface area contributed by atoms with Crippen LogP contribution in [0, 0.1) is 0 Å². The number of hydrogen-bond acceptors (Lipinski definition) is 4. The quantitative estimate of drug-likeness (QED) is 0.340. The average molecular weight is 494 g/mol. The van der Waals surface area contributed by atoms with Gasteiger partial charge in [0.25, 0.3) is 0 Å². The van der Waals surface area contributed by atoms with Crippen molar-refractivity contribution < 1.29 is 23.8 Å². The zero-order chi connectivity index (χ0) is 22.5. The summed E-state index contributed by atoms with van der Waals surface area (Å²) in [7, 11) is 0. The van der Waals surface area contributed by atoms with Crippen LogP contribution in [0.3, 0.4) is 0 Å². The maximum atomic E-state index is 12.2. The third-order valence-corrected chi connectivity index (χ3v) is 5.49. The van der Waals surface area contributed by atoms with Crippen LogP contribution < -0.4 is 5.32 Å². The van der Waals surface area contributed by atoms with Gasteiger partial charge in [-0.1, -0.05) is 64.5 Å². The van der Waals surface area contributed by atoms with Gasteiger partial charge in [-0.15, -0.1) is 0 Å². The zero-order valence-corrected chi connectivity index (χ0v) is 18.5. The van der Waals surface area contributed by atoms with Gasteiger partial charge in [-0.2, -0.15) is 0 Å². The number of hydrogen-bond donors (Lipinski definition) is 2. The van der Waals surface area contributed by atoms with Crippen molar-refractivity contribution in [3.05, 3.63) is 94.7 Å². The number of fused-ring (bicyclic) bond motifs is 1. The largest absolute Gasteiger partial charge is 0.480 e. The Balaban J connectivity index is 1.38. The van der Waals surface area contributed by atoms with E-state index in [0.29, 0.717) is 11.3 Å². The monoisotopic (exact) mass is 493 g/mol. The van der Waals surface area contributed by atoms with Crippen LogP contribution in [-0.2, 0) is 22.6 Å². The second-order valence-corrected chi connectivity index (χ2v) is 8.19. The number of carbonyl (C=O) groups excluding carboxylic acids is 1. The van der Waals surface area contributed by atoms with Crippen LogP contribution in [0.5, 0.6) is 0 Å². The van der Waals surface area contributed by atoms with Crippen molar-refractivity contribution in [3.8, 4) is 11.1 Å². The van der Waals surface area contributed by atoms with Crippen molar-refractivity contribution in [2.75, 3.05) is 0 Å². The third-order valence-electron chi connectivity index (χ3n) is 4.96. The van der Waals surface area contributed by atoms with Crippen LogP contribution in [0.25, 0.3) is 22.1 Å². The van der Waals surface area contributed by atoms with Gasteiger partial charge in [0.1, 0.15) is 17.4 Å². The van der Waals surface area contributed by atoms with E-state index < -0.39 is 18.1 Å².